The number of nitrogens with zero attached hydrogens (tertiary/aromatic N) is 4. The number of nitrogens with one attached hydrogen (secondary N) is 1. The summed E-state index contributed by atoms with van der Waals surface area (Å²) in [5.41, 5.74) is 2.33. The molecule has 0 spiro atoms. The minimum atomic E-state index is -0.150. The fraction of sp³-hybridized carbons (Fsp3) is 0.158. The van der Waals surface area contributed by atoms with Gasteiger partial charge in [-0.1, -0.05) is 12.1 Å². The Morgan fingerprint density at radius 3 is 2.80 bits per heavy atom. The van der Waals surface area contributed by atoms with E-state index in [2.05, 4.69) is 27.0 Å². The number of rotatable bonds is 7. The first kappa shape index (κ1) is 16.6. The summed E-state index contributed by atoms with van der Waals surface area (Å²) >= 11 is 0. The highest BCUT2D eigenvalue weighted by Gasteiger charge is 2.05. The second-order valence-corrected chi connectivity index (χ2v) is 5.51. The molecule has 0 saturated heterocycles. The summed E-state index contributed by atoms with van der Waals surface area (Å²) in [5.74, 6) is 0.800. The third kappa shape index (κ3) is 4.38. The Hall–Kier alpha value is -3.28. The van der Waals surface area contributed by atoms with Crippen molar-refractivity contribution in [1.29, 1.82) is 0 Å². The lowest BCUT2D eigenvalue weighted by molar-refractivity contribution is 0.641. The van der Waals surface area contributed by atoms with Crippen LogP contribution in [0.4, 0.5) is 5.82 Å². The lowest BCUT2D eigenvalue weighted by atomic mass is 10.2. The molecule has 3 rings (SSSR count). The summed E-state index contributed by atoms with van der Waals surface area (Å²) in [7, 11) is 0. The van der Waals surface area contributed by atoms with E-state index in [1.807, 2.05) is 30.3 Å². The third-order valence-electron chi connectivity index (χ3n) is 3.64. The van der Waals surface area contributed by atoms with Crippen LogP contribution in [0.15, 0.2) is 72.4 Å². The van der Waals surface area contributed by atoms with E-state index in [0.717, 1.165) is 29.9 Å². The van der Waals surface area contributed by atoms with Gasteiger partial charge < -0.3 is 5.32 Å². The fourth-order valence-corrected chi connectivity index (χ4v) is 2.33. The van der Waals surface area contributed by atoms with Crippen LogP contribution in [0, 0.1) is 0 Å². The molecule has 3 heterocycles. The van der Waals surface area contributed by atoms with Crippen molar-refractivity contribution in [3.05, 3.63) is 83.6 Å². The number of hydrogen-bond acceptors (Lipinski definition) is 5. The molecule has 0 amide bonds. The van der Waals surface area contributed by atoms with E-state index in [9.17, 15) is 4.79 Å². The molecule has 0 atom stereocenters. The second-order valence-electron chi connectivity index (χ2n) is 5.51. The molecule has 0 bridgehead atoms. The van der Waals surface area contributed by atoms with Gasteiger partial charge in [0.25, 0.3) is 5.56 Å². The first-order valence-corrected chi connectivity index (χ1v) is 8.04. The van der Waals surface area contributed by atoms with Crippen molar-refractivity contribution in [3.8, 4) is 11.3 Å². The molecule has 3 aromatic rings. The molecule has 0 saturated carbocycles. The highest BCUT2D eigenvalue weighted by atomic mass is 16.1. The molecule has 0 aromatic carbocycles. The van der Waals surface area contributed by atoms with Gasteiger partial charge in [0.05, 0.1) is 12.2 Å². The Labute approximate surface area is 145 Å². The largest absolute Gasteiger partial charge is 0.370 e. The predicted molar refractivity (Wildman–Crippen MR) is 98.4 cm³/mol. The van der Waals surface area contributed by atoms with E-state index in [4.69, 9.17) is 0 Å². The highest BCUT2D eigenvalue weighted by molar-refractivity contribution is 5.58. The highest BCUT2D eigenvalue weighted by Crippen LogP contribution is 2.16. The maximum absolute atomic E-state index is 12.1. The summed E-state index contributed by atoms with van der Waals surface area (Å²) in [5, 5.41) is 7.66. The number of hydrogen-bond donors (Lipinski definition) is 1. The van der Waals surface area contributed by atoms with Crippen LogP contribution in [-0.2, 0) is 6.54 Å². The zero-order valence-corrected chi connectivity index (χ0v) is 13.8. The molecule has 0 fully saturated rings. The number of aromatic nitrogens is 4. The smallest absolute Gasteiger partial charge is 0.267 e. The van der Waals surface area contributed by atoms with Crippen molar-refractivity contribution in [2.75, 3.05) is 11.9 Å². The molecule has 0 aliphatic carbocycles. The maximum Gasteiger partial charge on any atom is 0.267 e. The SMILES string of the molecule is C=CCCNc1ccc(-c2ccc(=O)n(Cc3cccnc3)n2)cn1. The molecule has 6 nitrogen and oxygen atoms in total. The van der Waals surface area contributed by atoms with E-state index in [1.165, 1.54) is 10.7 Å². The number of anilines is 1. The van der Waals surface area contributed by atoms with E-state index in [-0.39, 0.29) is 5.56 Å². The van der Waals surface area contributed by atoms with Crippen LogP contribution in [0.5, 0.6) is 0 Å². The van der Waals surface area contributed by atoms with E-state index in [1.54, 1.807) is 24.7 Å². The second kappa shape index (κ2) is 8.01. The Kier molecular flexibility index (Phi) is 5.31. The van der Waals surface area contributed by atoms with Crippen LogP contribution in [0.25, 0.3) is 11.3 Å². The lowest BCUT2D eigenvalue weighted by Gasteiger charge is -2.08. The van der Waals surface area contributed by atoms with Crippen LogP contribution in [-0.4, -0.2) is 26.3 Å². The summed E-state index contributed by atoms with van der Waals surface area (Å²) in [6.07, 6.45) is 7.91. The predicted octanol–water partition coefficient (Wildman–Crippen LogP) is 2.74. The van der Waals surface area contributed by atoms with Crippen molar-refractivity contribution in [1.82, 2.24) is 19.7 Å². The van der Waals surface area contributed by atoms with Gasteiger partial charge in [-0.25, -0.2) is 9.67 Å². The van der Waals surface area contributed by atoms with Gasteiger partial charge in [0, 0.05) is 36.8 Å². The monoisotopic (exact) mass is 333 g/mol. The topological polar surface area (TPSA) is 72.7 Å². The summed E-state index contributed by atoms with van der Waals surface area (Å²) in [4.78, 5) is 20.5. The van der Waals surface area contributed by atoms with Gasteiger partial charge in [0.15, 0.2) is 0 Å². The van der Waals surface area contributed by atoms with Gasteiger partial charge in [0.1, 0.15) is 5.82 Å². The average Bonchev–Trinajstić information content (AvgIpc) is 2.65. The Morgan fingerprint density at radius 1 is 1.16 bits per heavy atom. The van der Waals surface area contributed by atoms with Crippen LogP contribution >= 0.6 is 0 Å². The van der Waals surface area contributed by atoms with Crippen LogP contribution in [0.3, 0.4) is 0 Å². The van der Waals surface area contributed by atoms with Gasteiger partial charge in [-0.2, -0.15) is 5.10 Å². The van der Waals surface area contributed by atoms with Gasteiger partial charge in [-0.15, -0.1) is 6.58 Å². The molecule has 0 unspecified atom stereocenters. The minimum Gasteiger partial charge on any atom is -0.370 e. The van der Waals surface area contributed by atoms with Gasteiger partial charge >= 0.3 is 0 Å². The lowest BCUT2D eigenvalue weighted by Crippen LogP contribution is -2.22. The average molecular weight is 333 g/mol. The van der Waals surface area contributed by atoms with Crippen molar-refractivity contribution < 1.29 is 0 Å². The Balaban J connectivity index is 1.79. The van der Waals surface area contributed by atoms with Crippen molar-refractivity contribution in [2.45, 2.75) is 13.0 Å². The molecular formula is C19H19N5O. The minimum absolute atomic E-state index is 0.150. The van der Waals surface area contributed by atoms with Crippen molar-refractivity contribution >= 4 is 5.82 Å². The zero-order valence-electron chi connectivity index (χ0n) is 13.8. The Morgan fingerprint density at radius 2 is 2.08 bits per heavy atom. The van der Waals surface area contributed by atoms with Gasteiger partial charge in [-0.05, 0) is 36.2 Å². The molecule has 1 N–H and O–H groups in total. The van der Waals surface area contributed by atoms with Crippen LogP contribution < -0.4 is 10.9 Å². The maximum atomic E-state index is 12.1. The molecule has 0 aliphatic heterocycles. The first-order chi connectivity index (χ1) is 12.3. The first-order valence-electron chi connectivity index (χ1n) is 8.04. The summed E-state index contributed by atoms with van der Waals surface area (Å²) in [6, 6.07) is 10.8. The molecular weight excluding hydrogens is 314 g/mol. The van der Waals surface area contributed by atoms with Gasteiger partial charge in [0.2, 0.25) is 0 Å². The van der Waals surface area contributed by atoms with Crippen LogP contribution in [0.2, 0.25) is 0 Å². The standard InChI is InChI=1S/C19H19N5O/c1-2-3-11-21-18-8-6-16(13-22-18)17-7-9-19(25)24(23-17)14-15-5-4-10-20-12-15/h2,4-10,12-13H,1,3,11,14H2,(H,21,22). The van der Waals surface area contributed by atoms with E-state index in [0.29, 0.717) is 12.2 Å². The zero-order chi connectivity index (χ0) is 17.5. The normalized spacial score (nSPS) is 10.4. The molecule has 25 heavy (non-hydrogen) atoms. The number of pyridine rings is 2. The molecule has 3 aromatic heterocycles. The van der Waals surface area contributed by atoms with E-state index < -0.39 is 0 Å². The molecule has 126 valence electrons. The quantitative estimate of drug-likeness (QED) is 0.532. The molecule has 6 heteroatoms. The molecule has 0 aliphatic rings. The molecule has 0 radical (unpaired) electrons. The fourth-order valence-electron chi connectivity index (χ4n) is 2.33. The summed E-state index contributed by atoms with van der Waals surface area (Å²) in [6.45, 7) is 4.87. The van der Waals surface area contributed by atoms with E-state index >= 15 is 0 Å². The third-order valence-corrected chi connectivity index (χ3v) is 3.64. The summed E-state index contributed by atoms with van der Waals surface area (Å²) < 4.78 is 1.43. The van der Waals surface area contributed by atoms with Crippen molar-refractivity contribution in [3.63, 3.8) is 0 Å². The Bertz CT molecular complexity index is 888. The van der Waals surface area contributed by atoms with Gasteiger partial charge in [-0.3, -0.25) is 9.78 Å². The van der Waals surface area contributed by atoms with Crippen molar-refractivity contribution in [2.24, 2.45) is 0 Å². The van der Waals surface area contributed by atoms with Crippen LogP contribution in [0.1, 0.15) is 12.0 Å².